The van der Waals surface area contributed by atoms with Crippen LogP contribution in [-0.4, -0.2) is 36.5 Å². The zero-order chi connectivity index (χ0) is 15.8. The third kappa shape index (κ3) is 3.08. The number of fused-ring (bicyclic) bond motifs is 3. The van der Waals surface area contributed by atoms with Crippen LogP contribution in [0.25, 0.3) is 11.3 Å². The second-order valence-corrected chi connectivity index (χ2v) is 7.30. The molecule has 1 amide bonds. The molecule has 2 aromatic rings. The van der Waals surface area contributed by atoms with E-state index in [9.17, 15) is 4.79 Å². The summed E-state index contributed by atoms with van der Waals surface area (Å²) >= 11 is 3.42. The molecular weight excluding hydrogens is 356 g/mol. The van der Waals surface area contributed by atoms with Crippen LogP contribution >= 0.6 is 15.9 Å². The summed E-state index contributed by atoms with van der Waals surface area (Å²) in [6, 6.07) is 11.7. The number of nitrogens with zero attached hydrogens (tertiary/aromatic N) is 1. The Bertz CT molecular complexity index is 702. The number of carbonyl (C=O) groups is 1. The normalized spacial score (nSPS) is 26.2. The Balaban J connectivity index is 1.46. The summed E-state index contributed by atoms with van der Waals surface area (Å²) in [7, 11) is 0. The second-order valence-electron chi connectivity index (χ2n) is 6.39. The van der Waals surface area contributed by atoms with Crippen LogP contribution in [0.15, 0.2) is 45.3 Å². The lowest BCUT2D eigenvalue weighted by Crippen LogP contribution is -2.57. The maximum atomic E-state index is 12.5. The molecular formula is C18H19BrN2O2. The minimum Gasteiger partial charge on any atom is -0.451 e. The summed E-state index contributed by atoms with van der Waals surface area (Å²) in [6.07, 6.45) is 2.38. The molecule has 1 N–H and O–H groups in total. The minimum atomic E-state index is -0.105. The Morgan fingerprint density at radius 3 is 2.52 bits per heavy atom. The Morgan fingerprint density at radius 2 is 1.87 bits per heavy atom. The van der Waals surface area contributed by atoms with Crippen molar-refractivity contribution in [1.82, 2.24) is 10.2 Å². The highest BCUT2D eigenvalue weighted by molar-refractivity contribution is 9.10. The summed E-state index contributed by atoms with van der Waals surface area (Å²) in [4.78, 5) is 14.9. The number of hydrogen-bond acceptors (Lipinski definition) is 3. The first-order valence-electron chi connectivity index (χ1n) is 8.08. The maximum absolute atomic E-state index is 12.5. The molecule has 120 valence electrons. The topological polar surface area (TPSA) is 45.5 Å². The molecule has 0 radical (unpaired) electrons. The number of carbonyl (C=O) groups excluding carboxylic acids is 1. The SMILES string of the molecule is O=C(NC1CN2CCC1CC2)c1ccc(-c2ccc(Br)cc2)o1. The van der Waals surface area contributed by atoms with Crippen molar-refractivity contribution in [3.8, 4) is 11.3 Å². The highest BCUT2D eigenvalue weighted by Crippen LogP contribution is 2.28. The number of nitrogens with one attached hydrogen (secondary N) is 1. The van der Waals surface area contributed by atoms with E-state index in [1.807, 2.05) is 30.3 Å². The van der Waals surface area contributed by atoms with Crippen LogP contribution in [0.3, 0.4) is 0 Å². The van der Waals surface area contributed by atoms with Gasteiger partial charge in [0.1, 0.15) is 5.76 Å². The van der Waals surface area contributed by atoms with Crippen LogP contribution in [0, 0.1) is 5.92 Å². The van der Waals surface area contributed by atoms with Gasteiger partial charge in [0.05, 0.1) is 0 Å². The predicted molar refractivity (Wildman–Crippen MR) is 92.3 cm³/mol. The number of rotatable bonds is 3. The Hall–Kier alpha value is -1.59. The molecule has 5 rings (SSSR count). The van der Waals surface area contributed by atoms with Crippen LogP contribution in [0.2, 0.25) is 0 Å². The molecule has 0 saturated carbocycles. The van der Waals surface area contributed by atoms with Crippen molar-refractivity contribution in [2.45, 2.75) is 18.9 Å². The van der Waals surface area contributed by atoms with E-state index >= 15 is 0 Å². The van der Waals surface area contributed by atoms with Gasteiger partial charge in [-0.15, -0.1) is 0 Å². The molecule has 5 heteroatoms. The van der Waals surface area contributed by atoms with Crippen LogP contribution in [0.5, 0.6) is 0 Å². The molecule has 23 heavy (non-hydrogen) atoms. The Morgan fingerprint density at radius 1 is 1.13 bits per heavy atom. The van der Waals surface area contributed by atoms with Crippen molar-refractivity contribution in [3.05, 3.63) is 46.6 Å². The van der Waals surface area contributed by atoms with Crippen LogP contribution < -0.4 is 5.32 Å². The van der Waals surface area contributed by atoms with Gasteiger partial charge < -0.3 is 14.6 Å². The number of piperidine rings is 3. The van der Waals surface area contributed by atoms with E-state index in [1.165, 1.54) is 25.9 Å². The van der Waals surface area contributed by atoms with Gasteiger partial charge in [0.25, 0.3) is 5.91 Å². The largest absolute Gasteiger partial charge is 0.451 e. The molecule has 3 aliphatic rings. The van der Waals surface area contributed by atoms with E-state index in [0.717, 1.165) is 22.3 Å². The summed E-state index contributed by atoms with van der Waals surface area (Å²) in [6.45, 7) is 3.31. The highest BCUT2D eigenvalue weighted by atomic mass is 79.9. The molecule has 1 aromatic heterocycles. The first-order valence-corrected chi connectivity index (χ1v) is 8.87. The Kier molecular flexibility index (Phi) is 3.99. The molecule has 3 saturated heterocycles. The highest BCUT2D eigenvalue weighted by Gasteiger charge is 2.35. The van der Waals surface area contributed by atoms with Gasteiger partial charge in [0, 0.05) is 22.6 Å². The van der Waals surface area contributed by atoms with E-state index in [1.54, 1.807) is 6.07 Å². The molecule has 1 aromatic carbocycles. The molecule has 0 aliphatic carbocycles. The van der Waals surface area contributed by atoms with Gasteiger partial charge in [0.15, 0.2) is 5.76 Å². The fourth-order valence-electron chi connectivity index (χ4n) is 3.60. The Labute approximate surface area is 144 Å². The average molecular weight is 375 g/mol. The van der Waals surface area contributed by atoms with E-state index in [4.69, 9.17) is 4.42 Å². The maximum Gasteiger partial charge on any atom is 0.287 e. The van der Waals surface area contributed by atoms with Crippen molar-refractivity contribution in [1.29, 1.82) is 0 Å². The van der Waals surface area contributed by atoms with Crippen molar-refractivity contribution < 1.29 is 9.21 Å². The van der Waals surface area contributed by atoms with Gasteiger partial charge in [-0.05, 0) is 56.1 Å². The van der Waals surface area contributed by atoms with Gasteiger partial charge >= 0.3 is 0 Å². The van der Waals surface area contributed by atoms with E-state index in [2.05, 4.69) is 26.1 Å². The zero-order valence-corrected chi connectivity index (χ0v) is 14.4. The number of amides is 1. The molecule has 2 bridgehead atoms. The quantitative estimate of drug-likeness (QED) is 0.893. The monoisotopic (exact) mass is 374 g/mol. The van der Waals surface area contributed by atoms with Gasteiger partial charge in [0.2, 0.25) is 0 Å². The molecule has 4 heterocycles. The van der Waals surface area contributed by atoms with Crippen LogP contribution in [0.1, 0.15) is 23.4 Å². The first-order chi connectivity index (χ1) is 11.2. The molecule has 4 nitrogen and oxygen atoms in total. The van der Waals surface area contributed by atoms with Gasteiger partial charge in [-0.1, -0.05) is 28.1 Å². The molecule has 1 unspecified atom stereocenters. The third-order valence-electron chi connectivity index (χ3n) is 4.93. The lowest BCUT2D eigenvalue weighted by molar-refractivity contribution is 0.0606. The van der Waals surface area contributed by atoms with E-state index < -0.39 is 0 Å². The van der Waals surface area contributed by atoms with Gasteiger partial charge in [-0.25, -0.2) is 0 Å². The van der Waals surface area contributed by atoms with Crippen LogP contribution in [0.4, 0.5) is 0 Å². The fraction of sp³-hybridized carbons (Fsp3) is 0.389. The summed E-state index contributed by atoms with van der Waals surface area (Å²) in [5.74, 6) is 1.62. The van der Waals surface area contributed by atoms with E-state index in [0.29, 0.717) is 11.7 Å². The van der Waals surface area contributed by atoms with Crippen molar-refractivity contribution >= 4 is 21.8 Å². The average Bonchev–Trinajstić information content (AvgIpc) is 3.07. The smallest absolute Gasteiger partial charge is 0.287 e. The molecule has 3 aliphatic heterocycles. The van der Waals surface area contributed by atoms with Crippen molar-refractivity contribution in [2.24, 2.45) is 5.92 Å². The summed E-state index contributed by atoms with van der Waals surface area (Å²) in [5, 5.41) is 3.16. The van der Waals surface area contributed by atoms with Crippen molar-refractivity contribution in [3.63, 3.8) is 0 Å². The summed E-state index contributed by atoms with van der Waals surface area (Å²) < 4.78 is 6.77. The fourth-order valence-corrected chi connectivity index (χ4v) is 3.86. The molecule has 1 atom stereocenters. The number of benzene rings is 1. The number of hydrogen-bond donors (Lipinski definition) is 1. The van der Waals surface area contributed by atoms with Gasteiger partial charge in [-0.3, -0.25) is 4.79 Å². The van der Waals surface area contributed by atoms with Crippen molar-refractivity contribution in [2.75, 3.05) is 19.6 Å². The lowest BCUT2D eigenvalue weighted by Gasteiger charge is -2.44. The lowest BCUT2D eigenvalue weighted by atomic mass is 9.84. The third-order valence-corrected chi connectivity index (χ3v) is 5.46. The molecule has 3 fully saturated rings. The number of furan rings is 1. The predicted octanol–water partition coefficient (Wildman–Crippen LogP) is 3.53. The number of halogens is 1. The van der Waals surface area contributed by atoms with Crippen LogP contribution in [-0.2, 0) is 0 Å². The van der Waals surface area contributed by atoms with E-state index in [-0.39, 0.29) is 11.9 Å². The minimum absolute atomic E-state index is 0.105. The second kappa shape index (κ2) is 6.13. The molecule has 0 spiro atoms. The first kappa shape index (κ1) is 15.0. The zero-order valence-electron chi connectivity index (χ0n) is 12.8. The standard InChI is InChI=1S/C18H19BrN2O2/c19-14-3-1-13(2-4-14)16-5-6-17(23-16)18(22)20-15-11-21-9-7-12(15)8-10-21/h1-6,12,15H,7-11H2,(H,20,22). The summed E-state index contributed by atoms with van der Waals surface area (Å²) in [5.41, 5.74) is 0.968. The van der Waals surface area contributed by atoms with Gasteiger partial charge in [-0.2, -0.15) is 0 Å².